The molecule has 1 N–H and O–H groups in total. The first kappa shape index (κ1) is 18.6. The number of thioether (sulfide) groups is 1. The fourth-order valence-electron chi connectivity index (χ4n) is 2.63. The van der Waals surface area contributed by atoms with Crippen molar-refractivity contribution in [2.45, 2.75) is 55.7 Å². The number of nitrogens with one attached hydrogen (secondary N) is 1. The highest BCUT2D eigenvalue weighted by molar-refractivity contribution is 8.00. The van der Waals surface area contributed by atoms with Gasteiger partial charge < -0.3 is 5.32 Å². The van der Waals surface area contributed by atoms with Gasteiger partial charge in [-0.1, -0.05) is 74.7 Å². The monoisotopic (exact) mass is 341 g/mol. The Labute approximate surface area is 150 Å². The molecule has 0 fully saturated rings. The van der Waals surface area contributed by atoms with Crippen LogP contribution in [0.15, 0.2) is 65.6 Å². The summed E-state index contributed by atoms with van der Waals surface area (Å²) in [6.45, 7) is 4.30. The van der Waals surface area contributed by atoms with Crippen molar-refractivity contribution in [3.63, 3.8) is 0 Å². The summed E-state index contributed by atoms with van der Waals surface area (Å²) in [5.74, 6) is 0.0963. The van der Waals surface area contributed by atoms with E-state index in [9.17, 15) is 4.79 Å². The summed E-state index contributed by atoms with van der Waals surface area (Å²) < 4.78 is 0. The summed E-state index contributed by atoms with van der Waals surface area (Å²) in [5, 5.41) is 2.98. The van der Waals surface area contributed by atoms with Crippen LogP contribution in [0.1, 0.15) is 50.3 Å². The van der Waals surface area contributed by atoms with Gasteiger partial charge in [0, 0.05) is 10.9 Å². The Kier molecular flexibility index (Phi) is 7.90. The van der Waals surface area contributed by atoms with Crippen molar-refractivity contribution in [3.8, 4) is 0 Å². The average molecular weight is 342 g/mol. The van der Waals surface area contributed by atoms with E-state index in [1.165, 1.54) is 19.3 Å². The van der Waals surface area contributed by atoms with Crippen molar-refractivity contribution >= 4 is 17.7 Å². The van der Waals surface area contributed by atoms with Crippen LogP contribution < -0.4 is 5.32 Å². The Balaban J connectivity index is 2.06. The maximum atomic E-state index is 12.9. The highest BCUT2D eigenvalue weighted by Crippen LogP contribution is 2.35. The number of carbonyl (C=O) groups excluding carboxylic acids is 1. The van der Waals surface area contributed by atoms with E-state index in [0.29, 0.717) is 0 Å². The number of hydrogen-bond acceptors (Lipinski definition) is 2. The zero-order valence-corrected chi connectivity index (χ0v) is 15.4. The van der Waals surface area contributed by atoms with E-state index in [0.717, 1.165) is 16.9 Å². The maximum Gasteiger partial charge on any atom is 0.238 e. The summed E-state index contributed by atoms with van der Waals surface area (Å²) in [5.41, 5.74) is 1.05. The van der Waals surface area contributed by atoms with Crippen molar-refractivity contribution in [1.82, 2.24) is 5.32 Å². The summed E-state index contributed by atoms with van der Waals surface area (Å²) in [4.78, 5) is 14.0. The smallest absolute Gasteiger partial charge is 0.238 e. The fourth-order valence-corrected chi connectivity index (χ4v) is 3.68. The minimum atomic E-state index is -0.220. The Hall–Kier alpha value is -1.74. The molecule has 0 unspecified atom stereocenters. The first-order chi connectivity index (χ1) is 11.7. The molecule has 0 aliphatic rings. The summed E-state index contributed by atoms with van der Waals surface area (Å²) in [6, 6.07) is 20.4. The third kappa shape index (κ3) is 6.04. The molecule has 0 saturated heterocycles. The lowest BCUT2D eigenvalue weighted by molar-refractivity contribution is -0.121. The normalized spacial score (nSPS) is 13.2. The van der Waals surface area contributed by atoms with Crippen LogP contribution in [0.2, 0.25) is 0 Å². The molecular formula is C21H27NOS. The quantitative estimate of drug-likeness (QED) is 0.475. The molecule has 0 heterocycles. The molecule has 0 saturated carbocycles. The van der Waals surface area contributed by atoms with E-state index in [2.05, 4.69) is 31.3 Å². The number of amides is 1. The Bertz CT molecular complexity index is 600. The third-order valence-electron chi connectivity index (χ3n) is 3.97. The van der Waals surface area contributed by atoms with E-state index < -0.39 is 0 Å². The lowest BCUT2D eigenvalue weighted by Gasteiger charge is -2.20. The Morgan fingerprint density at radius 2 is 1.62 bits per heavy atom. The molecule has 0 aliphatic heterocycles. The molecular weight excluding hydrogens is 314 g/mol. The van der Waals surface area contributed by atoms with E-state index in [1.54, 1.807) is 11.8 Å². The van der Waals surface area contributed by atoms with Gasteiger partial charge in [-0.05, 0) is 31.0 Å². The van der Waals surface area contributed by atoms with E-state index in [-0.39, 0.29) is 17.2 Å². The van der Waals surface area contributed by atoms with Gasteiger partial charge >= 0.3 is 0 Å². The fraction of sp³-hybridized carbons (Fsp3) is 0.381. The molecule has 2 nitrogen and oxygen atoms in total. The van der Waals surface area contributed by atoms with Gasteiger partial charge in [0.2, 0.25) is 5.91 Å². The molecule has 0 aliphatic carbocycles. The van der Waals surface area contributed by atoms with Gasteiger partial charge in [-0.25, -0.2) is 0 Å². The van der Waals surface area contributed by atoms with Crippen LogP contribution >= 0.6 is 11.8 Å². The van der Waals surface area contributed by atoms with Crippen molar-refractivity contribution in [3.05, 3.63) is 66.2 Å². The van der Waals surface area contributed by atoms with Gasteiger partial charge in [-0.3, -0.25) is 4.79 Å². The SMILES string of the molecule is CCCCC[C@H](C)NC(=O)[C@@H](Sc1ccccc1)c1ccccc1. The lowest BCUT2D eigenvalue weighted by Crippen LogP contribution is -2.35. The van der Waals surface area contributed by atoms with Crippen LogP contribution in [0.5, 0.6) is 0 Å². The van der Waals surface area contributed by atoms with Crippen molar-refractivity contribution in [1.29, 1.82) is 0 Å². The number of carbonyl (C=O) groups is 1. The van der Waals surface area contributed by atoms with Crippen molar-refractivity contribution in [2.24, 2.45) is 0 Å². The highest BCUT2D eigenvalue weighted by atomic mass is 32.2. The van der Waals surface area contributed by atoms with E-state index in [4.69, 9.17) is 0 Å². The minimum absolute atomic E-state index is 0.0963. The molecule has 0 bridgehead atoms. The topological polar surface area (TPSA) is 29.1 Å². The zero-order valence-electron chi connectivity index (χ0n) is 14.6. The largest absolute Gasteiger partial charge is 0.352 e. The summed E-state index contributed by atoms with van der Waals surface area (Å²) in [7, 11) is 0. The average Bonchev–Trinajstić information content (AvgIpc) is 2.61. The summed E-state index contributed by atoms with van der Waals surface area (Å²) >= 11 is 1.61. The molecule has 128 valence electrons. The predicted octanol–water partition coefficient (Wildman–Crippen LogP) is 5.61. The van der Waals surface area contributed by atoms with Crippen LogP contribution in [-0.2, 0) is 4.79 Å². The predicted molar refractivity (Wildman–Crippen MR) is 103 cm³/mol. The second kappa shape index (κ2) is 10.2. The molecule has 3 heteroatoms. The van der Waals surface area contributed by atoms with Gasteiger partial charge in [0.25, 0.3) is 0 Å². The first-order valence-electron chi connectivity index (χ1n) is 8.77. The van der Waals surface area contributed by atoms with Gasteiger partial charge in [0.15, 0.2) is 0 Å². The molecule has 2 atom stereocenters. The molecule has 0 radical (unpaired) electrons. The van der Waals surface area contributed by atoms with Gasteiger partial charge in [-0.15, -0.1) is 11.8 Å². The maximum absolute atomic E-state index is 12.9. The Morgan fingerprint density at radius 3 is 2.25 bits per heavy atom. The standard InChI is InChI=1S/C21H27NOS/c1-3-4-7-12-17(2)22-21(23)20(18-13-8-5-9-14-18)24-19-15-10-6-11-16-19/h5-6,8-11,13-17,20H,3-4,7,12H2,1-2H3,(H,22,23)/t17-,20-/m0/s1. The van der Waals surface area contributed by atoms with Crippen molar-refractivity contribution in [2.75, 3.05) is 0 Å². The first-order valence-corrected chi connectivity index (χ1v) is 9.65. The zero-order chi connectivity index (χ0) is 17.2. The molecule has 0 spiro atoms. The van der Waals surface area contributed by atoms with Crippen LogP contribution in [0.3, 0.4) is 0 Å². The molecule has 0 aromatic heterocycles. The van der Waals surface area contributed by atoms with Crippen LogP contribution in [0, 0.1) is 0 Å². The van der Waals surface area contributed by atoms with Crippen molar-refractivity contribution < 1.29 is 4.79 Å². The van der Waals surface area contributed by atoms with Crippen LogP contribution in [0.25, 0.3) is 0 Å². The minimum Gasteiger partial charge on any atom is -0.352 e. The third-order valence-corrected chi connectivity index (χ3v) is 5.23. The summed E-state index contributed by atoms with van der Waals surface area (Å²) in [6.07, 6.45) is 4.63. The van der Waals surface area contributed by atoms with E-state index in [1.807, 2.05) is 48.5 Å². The van der Waals surface area contributed by atoms with Gasteiger partial charge in [0.1, 0.15) is 5.25 Å². The molecule has 1 amide bonds. The second-order valence-corrected chi connectivity index (χ2v) is 7.31. The number of unbranched alkanes of at least 4 members (excludes halogenated alkanes) is 2. The molecule has 24 heavy (non-hydrogen) atoms. The Morgan fingerprint density at radius 1 is 1.00 bits per heavy atom. The van der Waals surface area contributed by atoms with Gasteiger partial charge in [0.05, 0.1) is 0 Å². The molecule has 2 aromatic rings. The highest BCUT2D eigenvalue weighted by Gasteiger charge is 2.23. The molecule has 2 rings (SSSR count). The van der Waals surface area contributed by atoms with Crippen LogP contribution in [0.4, 0.5) is 0 Å². The molecule has 2 aromatic carbocycles. The van der Waals surface area contributed by atoms with E-state index >= 15 is 0 Å². The lowest BCUT2D eigenvalue weighted by atomic mass is 10.1. The second-order valence-electron chi connectivity index (χ2n) is 6.13. The number of hydrogen-bond donors (Lipinski definition) is 1. The number of rotatable bonds is 9. The number of benzene rings is 2. The van der Waals surface area contributed by atoms with Crippen LogP contribution in [-0.4, -0.2) is 11.9 Å². The van der Waals surface area contributed by atoms with Gasteiger partial charge in [-0.2, -0.15) is 0 Å².